The summed E-state index contributed by atoms with van der Waals surface area (Å²) in [6.07, 6.45) is 1.05. The molecule has 2 heteroatoms. The summed E-state index contributed by atoms with van der Waals surface area (Å²) in [5, 5.41) is 0.808. The maximum Gasteiger partial charge on any atom is 0.0756 e. The van der Waals surface area contributed by atoms with Crippen molar-refractivity contribution in [3.63, 3.8) is 0 Å². The molecule has 1 atom stereocenters. The Bertz CT molecular complexity index is 368. The first-order valence-electron chi connectivity index (χ1n) is 4.56. The molecular formula is C11H12ClN. The molecule has 1 aliphatic heterocycles. The van der Waals surface area contributed by atoms with Crippen molar-refractivity contribution in [3.05, 3.63) is 34.3 Å². The molecule has 1 unspecified atom stereocenters. The van der Waals surface area contributed by atoms with Crippen molar-refractivity contribution in [3.8, 4) is 0 Å². The first kappa shape index (κ1) is 8.76. The Kier molecular flexibility index (Phi) is 2.12. The van der Waals surface area contributed by atoms with Crippen LogP contribution < -0.4 is 0 Å². The van der Waals surface area contributed by atoms with E-state index in [0.29, 0.717) is 6.04 Å². The highest BCUT2D eigenvalue weighted by atomic mass is 35.5. The van der Waals surface area contributed by atoms with Gasteiger partial charge in [-0.05, 0) is 31.0 Å². The van der Waals surface area contributed by atoms with Gasteiger partial charge in [-0.2, -0.15) is 0 Å². The summed E-state index contributed by atoms with van der Waals surface area (Å²) in [5.41, 5.74) is 3.68. The first-order valence-corrected chi connectivity index (χ1v) is 4.94. The maximum atomic E-state index is 5.94. The summed E-state index contributed by atoms with van der Waals surface area (Å²) in [5.74, 6) is 0. The fourth-order valence-corrected chi connectivity index (χ4v) is 2.00. The van der Waals surface area contributed by atoms with E-state index >= 15 is 0 Å². The van der Waals surface area contributed by atoms with Crippen LogP contribution in [0.1, 0.15) is 37.4 Å². The summed E-state index contributed by atoms with van der Waals surface area (Å²) in [4.78, 5) is 4.57. The highest BCUT2D eigenvalue weighted by Crippen LogP contribution is 2.33. The van der Waals surface area contributed by atoms with Gasteiger partial charge < -0.3 is 0 Å². The summed E-state index contributed by atoms with van der Waals surface area (Å²) in [6.45, 7) is 4.21. The van der Waals surface area contributed by atoms with Gasteiger partial charge in [-0.3, -0.25) is 4.99 Å². The lowest BCUT2D eigenvalue weighted by Crippen LogP contribution is -1.92. The number of nitrogens with zero attached hydrogens (tertiary/aromatic N) is 1. The molecule has 0 bridgehead atoms. The largest absolute Gasteiger partial charge is 0.281 e. The lowest BCUT2D eigenvalue weighted by Gasteiger charge is -2.06. The van der Waals surface area contributed by atoms with Gasteiger partial charge in [-0.15, -0.1) is 0 Å². The second kappa shape index (κ2) is 3.15. The van der Waals surface area contributed by atoms with Crippen LogP contribution in [0.4, 0.5) is 0 Å². The van der Waals surface area contributed by atoms with Gasteiger partial charge in [0.1, 0.15) is 0 Å². The van der Waals surface area contributed by atoms with Crippen molar-refractivity contribution in [2.45, 2.75) is 26.3 Å². The zero-order chi connectivity index (χ0) is 9.42. The standard InChI is InChI=1S/C11H12ClN/c1-3-11-10-6-8(12)4-5-9(10)7(2)13-11/h4-6,11H,3H2,1-2H3. The number of aliphatic imine (C=N–C) groups is 1. The number of benzene rings is 1. The summed E-state index contributed by atoms with van der Waals surface area (Å²) in [6, 6.07) is 6.35. The third-order valence-electron chi connectivity index (χ3n) is 2.50. The molecule has 0 aromatic heterocycles. The Balaban J connectivity index is 2.53. The normalized spacial score (nSPS) is 19.9. The van der Waals surface area contributed by atoms with Crippen LogP contribution >= 0.6 is 11.6 Å². The van der Waals surface area contributed by atoms with E-state index in [2.05, 4.69) is 24.9 Å². The minimum atomic E-state index is 0.327. The molecule has 1 aromatic rings. The first-order chi connectivity index (χ1) is 6.22. The average Bonchev–Trinajstić information content (AvgIpc) is 2.42. The van der Waals surface area contributed by atoms with Crippen molar-refractivity contribution in [1.29, 1.82) is 0 Å². The minimum absolute atomic E-state index is 0.327. The predicted molar refractivity (Wildman–Crippen MR) is 56.7 cm³/mol. The van der Waals surface area contributed by atoms with E-state index < -0.39 is 0 Å². The molecule has 1 nitrogen and oxygen atoms in total. The van der Waals surface area contributed by atoms with Gasteiger partial charge in [0, 0.05) is 16.3 Å². The molecule has 1 aromatic carbocycles. The van der Waals surface area contributed by atoms with Crippen LogP contribution in [0.25, 0.3) is 0 Å². The Hall–Kier alpha value is -0.820. The van der Waals surface area contributed by atoms with E-state index in [4.69, 9.17) is 11.6 Å². The summed E-state index contributed by atoms with van der Waals surface area (Å²) in [7, 11) is 0. The van der Waals surface area contributed by atoms with Crippen molar-refractivity contribution in [2.75, 3.05) is 0 Å². The van der Waals surface area contributed by atoms with Crippen LogP contribution in [0.5, 0.6) is 0 Å². The van der Waals surface area contributed by atoms with Crippen molar-refractivity contribution >= 4 is 17.3 Å². The van der Waals surface area contributed by atoms with Crippen LogP contribution in [0, 0.1) is 0 Å². The fraction of sp³-hybridized carbons (Fsp3) is 0.364. The second-order valence-corrected chi connectivity index (χ2v) is 3.81. The molecule has 1 aliphatic rings. The monoisotopic (exact) mass is 193 g/mol. The molecule has 0 amide bonds. The Labute approximate surface area is 83.4 Å². The van der Waals surface area contributed by atoms with E-state index in [-0.39, 0.29) is 0 Å². The van der Waals surface area contributed by atoms with Crippen LogP contribution in [0.15, 0.2) is 23.2 Å². The van der Waals surface area contributed by atoms with Crippen LogP contribution in [0.3, 0.4) is 0 Å². The SMILES string of the molecule is CCC1N=C(C)c2ccc(Cl)cc21. The third-order valence-corrected chi connectivity index (χ3v) is 2.73. The van der Waals surface area contributed by atoms with Gasteiger partial charge in [0.15, 0.2) is 0 Å². The quantitative estimate of drug-likeness (QED) is 0.646. The molecule has 0 radical (unpaired) electrons. The van der Waals surface area contributed by atoms with Gasteiger partial charge >= 0.3 is 0 Å². The molecule has 0 saturated carbocycles. The lowest BCUT2D eigenvalue weighted by atomic mass is 10.0. The molecule has 0 aliphatic carbocycles. The highest BCUT2D eigenvalue weighted by Gasteiger charge is 2.20. The van der Waals surface area contributed by atoms with Gasteiger partial charge in [0.25, 0.3) is 0 Å². The second-order valence-electron chi connectivity index (χ2n) is 3.37. The number of halogens is 1. The molecule has 0 saturated heterocycles. The van der Waals surface area contributed by atoms with E-state index in [1.165, 1.54) is 11.1 Å². The highest BCUT2D eigenvalue weighted by molar-refractivity contribution is 6.30. The smallest absolute Gasteiger partial charge is 0.0756 e. The number of rotatable bonds is 1. The molecule has 1 heterocycles. The van der Waals surface area contributed by atoms with Gasteiger partial charge in [-0.1, -0.05) is 24.6 Å². The Morgan fingerprint density at radius 1 is 1.46 bits per heavy atom. The summed E-state index contributed by atoms with van der Waals surface area (Å²) < 4.78 is 0. The molecule has 68 valence electrons. The Morgan fingerprint density at radius 2 is 2.23 bits per heavy atom. The number of fused-ring (bicyclic) bond motifs is 1. The zero-order valence-electron chi connectivity index (χ0n) is 7.84. The van der Waals surface area contributed by atoms with Crippen LogP contribution in [0.2, 0.25) is 5.02 Å². The third kappa shape index (κ3) is 1.37. The Morgan fingerprint density at radius 3 is 2.92 bits per heavy atom. The topological polar surface area (TPSA) is 12.4 Å². The molecule has 0 spiro atoms. The molecule has 13 heavy (non-hydrogen) atoms. The predicted octanol–water partition coefficient (Wildman–Crippen LogP) is 3.61. The number of hydrogen-bond donors (Lipinski definition) is 0. The van der Waals surface area contributed by atoms with Crippen molar-refractivity contribution in [2.24, 2.45) is 4.99 Å². The van der Waals surface area contributed by atoms with E-state index in [9.17, 15) is 0 Å². The van der Waals surface area contributed by atoms with Crippen molar-refractivity contribution < 1.29 is 0 Å². The minimum Gasteiger partial charge on any atom is -0.281 e. The molecule has 0 fully saturated rings. The number of hydrogen-bond acceptors (Lipinski definition) is 1. The zero-order valence-corrected chi connectivity index (χ0v) is 8.60. The molecule has 2 rings (SSSR count). The van der Waals surface area contributed by atoms with Crippen molar-refractivity contribution in [1.82, 2.24) is 0 Å². The average molecular weight is 194 g/mol. The van der Waals surface area contributed by atoms with E-state index in [0.717, 1.165) is 17.2 Å². The molecule has 0 N–H and O–H groups in total. The van der Waals surface area contributed by atoms with Gasteiger partial charge in [0.05, 0.1) is 6.04 Å². The van der Waals surface area contributed by atoms with Crippen LogP contribution in [-0.4, -0.2) is 5.71 Å². The van der Waals surface area contributed by atoms with Crippen LogP contribution in [-0.2, 0) is 0 Å². The summed E-state index contributed by atoms with van der Waals surface area (Å²) >= 11 is 5.94. The molecular weight excluding hydrogens is 182 g/mol. The fourth-order valence-electron chi connectivity index (χ4n) is 1.82. The maximum absolute atomic E-state index is 5.94. The van der Waals surface area contributed by atoms with Gasteiger partial charge in [0.2, 0.25) is 0 Å². The lowest BCUT2D eigenvalue weighted by molar-refractivity contribution is 0.716. The van der Waals surface area contributed by atoms with E-state index in [1.54, 1.807) is 0 Å². The van der Waals surface area contributed by atoms with E-state index in [1.807, 2.05) is 12.1 Å². The van der Waals surface area contributed by atoms with Gasteiger partial charge in [-0.25, -0.2) is 0 Å².